The van der Waals surface area contributed by atoms with Crippen LogP contribution in [-0.4, -0.2) is 53.8 Å². The lowest BCUT2D eigenvalue weighted by Crippen LogP contribution is -2.56. The standard InChI is InChI=1S/C18H28F2N2O4/c1-5-26-16(24)14-12-8-6-7-11(12)9-22(14)15(23)13(10(2)3)21-17(25)18(4,19)20/h10-14H,5-9H2,1-4H3,(H,21,25)/t11-,12-,13-,14-/m0/s1. The number of carbonyl (C=O) groups excluding carboxylic acids is 3. The zero-order valence-corrected chi connectivity index (χ0v) is 15.8. The number of nitrogens with zero attached hydrogens (tertiary/aromatic N) is 1. The molecule has 2 rings (SSSR count). The Hall–Kier alpha value is -1.73. The molecule has 0 unspecified atom stereocenters. The lowest BCUT2D eigenvalue weighted by atomic mass is 9.94. The van der Waals surface area contributed by atoms with Gasteiger partial charge < -0.3 is 15.0 Å². The molecule has 1 heterocycles. The second-order valence-electron chi connectivity index (χ2n) is 7.63. The Morgan fingerprint density at radius 2 is 1.92 bits per heavy atom. The summed E-state index contributed by atoms with van der Waals surface area (Å²) in [6.07, 6.45) is 2.76. The van der Waals surface area contributed by atoms with Gasteiger partial charge in [-0.1, -0.05) is 20.3 Å². The van der Waals surface area contributed by atoms with Gasteiger partial charge in [0.2, 0.25) is 5.91 Å². The van der Waals surface area contributed by atoms with Crippen LogP contribution >= 0.6 is 0 Å². The SMILES string of the molecule is CCOC(=O)[C@@H]1[C@H]2CCC[C@H]2CN1C(=O)[C@@H](NC(=O)C(C)(F)F)C(C)C. The molecule has 2 amide bonds. The van der Waals surface area contributed by atoms with Gasteiger partial charge in [0.25, 0.3) is 5.91 Å². The summed E-state index contributed by atoms with van der Waals surface area (Å²) in [5, 5.41) is 2.16. The number of fused-ring (bicyclic) bond motifs is 1. The molecule has 0 bridgehead atoms. The normalized spacial score (nSPS) is 26.6. The minimum Gasteiger partial charge on any atom is -0.464 e. The van der Waals surface area contributed by atoms with Crippen molar-refractivity contribution in [3.8, 4) is 0 Å². The van der Waals surface area contributed by atoms with Crippen molar-refractivity contribution < 1.29 is 27.9 Å². The molecule has 2 aliphatic rings. The second-order valence-corrected chi connectivity index (χ2v) is 7.63. The highest BCUT2D eigenvalue weighted by Crippen LogP contribution is 2.43. The largest absolute Gasteiger partial charge is 0.464 e. The summed E-state index contributed by atoms with van der Waals surface area (Å²) in [6, 6.07) is -1.81. The van der Waals surface area contributed by atoms with Crippen LogP contribution in [0.3, 0.4) is 0 Å². The zero-order valence-electron chi connectivity index (χ0n) is 15.8. The second kappa shape index (κ2) is 7.88. The Bertz CT molecular complexity index is 562. The van der Waals surface area contributed by atoms with E-state index in [9.17, 15) is 23.2 Å². The molecule has 1 N–H and O–H groups in total. The smallest absolute Gasteiger partial charge is 0.329 e. The lowest BCUT2D eigenvalue weighted by Gasteiger charge is -2.32. The van der Waals surface area contributed by atoms with Gasteiger partial charge in [-0.15, -0.1) is 0 Å². The molecule has 1 saturated heterocycles. The summed E-state index contributed by atoms with van der Waals surface area (Å²) in [5.41, 5.74) is 0. The molecule has 0 spiro atoms. The minimum absolute atomic E-state index is 0.0362. The molecule has 2 fully saturated rings. The van der Waals surface area contributed by atoms with E-state index in [2.05, 4.69) is 5.32 Å². The average Bonchev–Trinajstić information content (AvgIpc) is 3.10. The Morgan fingerprint density at radius 3 is 2.46 bits per heavy atom. The van der Waals surface area contributed by atoms with Gasteiger partial charge in [-0.05, 0) is 37.5 Å². The predicted octanol–water partition coefficient (Wildman–Crippen LogP) is 1.97. The maximum absolute atomic E-state index is 13.3. The van der Waals surface area contributed by atoms with Crippen molar-refractivity contribution in [1.29, 1.82) is 0 Å². The number of likely N-dealkylation sites (tertiary alicyclic amines) is 1. The van der Waals surface area contributed by atoms with Crippen molar-refractivity contribution in [2.75, 3.05) is 13.2 Å². The van der Waals surface area contributed by atoms with Crippen LogP contribution in [-0.2, 0) is 19.1 Å². The van der Waals surface area contributed by atoms with E-state index in [1.165, 1.54) is 4.90 Å². The molecule has 0 radical (unpaired) electrons. The number of amides is 2. The van der Waals surface area contributed by atoms with E-state index < -0.39 is 41.7 Å². The Kier molecular flexibility index (Phi) is 6.24. The van der Waals surface area contributed by atoms with E-state index in [-0.39, 0.29) is 18.4 Å². The molecule has 0 aromatic carbocycles. The number of nitrogens with one attached hydrogen (secondary N) is 1. The predicted molar refractivity (Wildman–Crippen MR) is 90.4 cm³/mol. The van der Waals surface area contributed by atoms with Gasteiger partial charge in [-0.2, -0.15) is 8.78 Å². The number of alkyl halides is 2. The first-order valence-electron chi connectivity index (χ1n) is 9.23. The van der Waals surface area contributed by atoms with E-state index in [1.807, 2.05) is 0 Å². The van der Waals surface area contributed by atoms with Crippen LogP contribution < -0.4 is 5.32 Å². The highest BCUT2D eigenvalue weighted by atomic mass is 19.3. The van der Waals surface area contributed by atoms with Crippen LogP contribution in [0, 0.1) is 17.8 Å². The maximum atomic E-state index is 13.3. The van der Waals surface area contributed by atoms with Crippen LogP contribution in [0.25, 0.3) is 0 Å². The van der Waals surface area contributed by atoms with E-state index in [1.54, 1.807) is 20.8 Å². The van der Waals surface area contributed by atoms with Crippen LogP contribution in [0.1, 0.15) is 47.0 Å². The van der Waals surface area contributed by atoms with Crippen LogP contribution in [0.2, 0.25) is 0 Å². The van der Waals surface area contributed by atoms with Gasteiger partial charge in [0, 0.05) is 13.5 Å². The van der Waals surface area contributed by atoms with Crippen LogP contribution in [0.5, 0.6) is 0 Å². The number of carbonyl (C=O) groups is 3. The summed E-state index contributed by atoms with van der Waals surface area (Å²) in [5.74, 6) is -6.16. The topological polar surface area (TPSA) is 75.7 Å². The maximum Gasteiger partial charge on any atom is 0.329 e. The molecule has 0 aromatic heterocycles. The first kappa shape index (κ1) is 20.6. The molecule has 1 aliphatic carbocycles. The third-order valence-electron chi connectivity index (χ3n) is 5.32. The third-order valence-corrected chi connectivity index (χ3v) is 5.32. The fourth-order valence-electron chi connectivity index (χ4n) is 4.02. The quantitative estimate of drug-likeness (QED) is 0.722. The summed E-state index contributed by atoms with van der Waals surface area (Å²) >= 11 is 0. The van der Waals surface area contributed by atoms with Gasteiger partial charge in [-0.25, -0.2) is 4.79 Å². The molecule has 148 valence electrons. The van der Waals surface area contributed by atoms with Gasteiger partial charge in [0.15, 0.2) is 0 Å². The number of halogens is 2. The van der Waals surface area contributed by atoms with E-state index in [0.29, 0.717) is 13.5 Å². The molecule has 4 atom stereocenters. The van der Waals surface area contributed by atoms with Crippen molar-refractivity contribution in [1.82, 2.24) is 10.2 Å². The highest BCUT2D eigenvalue weighted by Gasteiger charge is 2.51. The minimum atomic E-state index is -3.57. The van der Waals surface area contributed by atoms with Gasteiger partial charge in [0.1, 0.15) is 12.1 Å². The fraction of sp³-hybridized carbons (Fsp3) is 0.833. The van der Waals surface area contributed by atoms with Crippen molar-refractivity contribution in [3.63, 3.8) is 0 Å². The average molecular weight is 374 g/mol. The summed E-state index contributed by atoms with van der Waals surface area (Å²) in [6.45, 7) is 6.15. The van der Waals surface area contributed by atoms with Crippen LogP contribution in [0.15, 0.2) is 0 Å². The first-order valence-corrected chi connectivity index (χ1v) is 9.23. The zero-order chi connectivity index (χ0) is 19.6. The summed E-state index contributed by atoms with van der Waals surface area (Å²) in [7, 11) is 0. The molecule has 1 saturated carbocycles. The summed E-state index contributed by atoms with van der Waals surface area (Å²) in [4.78, 5) is 38.6. The highest BCUT2D eigenvalue weighted by molar-refractivity contribution is 5.93. The van der Waals surface area contributed by atoms with E-state index >= 15 is 0 Å². The Morgan fingerprint density at radius 1 is 1.27 bits per heavy atom. The van der Waals surface area contributed by atoms with Crippen LogP contribution in [0.4, 0.5) is 8.78 Å². The molecule has 8 heteroatoms. The van der Waals surface area contributed by atoms with Gasteiger partial charge in [0.05, 0.1) is 6.61 Å². The first-order chi connectivity index (χ1) is 12.1. The van der Waals surface area contributed by atoms with Gasteiger partial charge >= 0.3 is 11.9 Å². The lowest BCUT2D eigenvalue weighted by molar-refractivity contribution is -0.156. The summed E-state index contributed by atoms with van der Waals surface area (Å²) < 4.78 is 31.7. The Labute approximate surface area is 152 Å². The molecular formula is C18H28F2N2O4. The molecule has 0 aromatic rings. The monoisotopic (exact) mass is 374 g/mol. The number of rotatable bonds is 6. The molecular weight excluding hydrogens is 346 g/mol. The number of hydrogen-bond donors (Lipinski definition) is 1. The Balaban J connectivity index is 2.22. The molecule has 6 nitrogen and oxygen atoms in total. The van der Waals surface area contributed by atoms with E-state index in [0.717, 1.165) is 19.3 Å². The number of esters is 1. The number of ether oxygens (including phenoxy) is 1. The molecule has 1 aliphatic heterocycles. The third kappa shape index (κ3) is 4.15. The fourth-order valence-corrected chi connectivity index (χ4v) is 4.02. The van der Waals surface area contributed by atoms with Gasteiger partial charge in [-0.3, -0.25) is 9.59 Å². The van der Waals surface area contributed by atoms with Crippen molar-refractivity contribution >= 4 is 17.8 Å². The molecule has 26 heavy (non-hydrogen) atoms. The van der Waals surface area contributed by atoms with Crippen molar-refractivity contribution in [2.24, 2.45) is 17.8 Å². The number of hydrogen-bond acceptors (Lipinski definition) is 4. The van der Waals surface area contributed by atoms with Crippen molar-refractivity contribution in [2.45, 2.75) is 65.0 Å². The van der Waals surface area contributed by atoms with E-state index in [4.69, 9.17) is 4.74 Å². The van der Waals surface area contributed by atoms with Crippen molar-refractivity contribution in [3.05, 3.63) is 0 Å².